The Balaban J connectivity index is 1.82. The van der Waals surface area contributed by atoms with E-state index in [0.29, 0.717) is 23.6 Å². The monoisotopic (exact) mass is 399 g/mol. The molecule has 5 nitrogen and oxygen atoms in total. The quantitative estimate of drug-likeness (QED) is 0.718. The van der Waals surface area contributed by atoms with Crippen molar-refractivity contribution in [2.45, 2.75) is 6.92 Å². The van der Waals surface area contributed by atoms with Crippen molar-refractivity contribution in [3.63, 3.8) is 0 Å². The Morgan fingerprint density at radius 1 is 1.12 bits per heavy atom. The lowest BCUT2D eigenvalue weighted by atomic mass is 10.2. The molecule has 0 amide bonds. The van der Waals surface area contributed by atoms with Crippen LogP contribution in [-0.4, -0.2) is 24.3 Å². The zero-order valence-electron chi connectivity index (χ0n) is 13.4. The Hall–Kier alpha value is -2.73. The minimum atomic E-state index is -0.507. The fourth-order valence-electron chi connectivity index (χ4n) is 2.22. The molecule has 1 aliphatic rings. The first-order chi connectivity index (χ1) is 12.1. The number of rotatable bonds is 4. The zero-order valence-corrected chi connectivity index (χ0v) is 14.9. The molecule has 0 aliphatic carbocycles. The second-order valence-corrected chi connectivity index (χ2v) is 6.09. The maximum Gasteiger partial charge on any atom is 0.362 e. The summed E-state index contributed by atoms with van der Waals surface area (Å²) < 4.78 is 11.1. The van der Waals surface area contributed by atoms with Crippen LogP contribution in [-0.2, 0) is 14.3 Å². The molecule has 126 valence electrons. The standard InChI is InChI=1S/C19H14BrNO4/c1-2-24-18(22)13-5-9-15(10-6-13)21-16-11-17(25-19(16)23)12-3-7-14(20)8-4-12/h3-11H,2H2,1H3. The summed E-state index contributed by atoms with van der Waals surface area (Å²) in [5.74, 6) is -0.439. The van der Waals surface area contributed by atoms with Gasteiger partial charge in [-0.3, -0.25) is 0 Å². The van der Waals surface area contributed by atoms with Crippen LogP contribution >= 0.6 is 15.9 Å². The molecular formula is C19H14BrNO4. The molecule has 0 N–H and O–H groups in total. The molecule has 6 heteroatoms. The van der Waals surface area contributed by atoms with Crippen molar-refractivity contribution in [1.82, 2.24) is 0 Å². The van der Waals surface area contributed by atoms with Crippen LogP contribution in [0.15, 0.2) is 64.1 Å². The summed E-state index contributed by atoms with van der Waals surface area (Å²) in [5.41, 5.74) is 1.99. The Labute approximate surface area is 153 Å². The van der Waals surface area contributed by atoms with Gasteiger partial charge in [0.05, 0.1) is 17.9 Å². The summed E-state index contributed by atoms with van der Waals surface area (Å²) in [7, 11) is 0. The van der Waals surface area contributed by atoms with Crippen LogP contribution in [0.2, 0.25) is 0 Å². The number of benzene rings is 2. The molecule has 25 heavy (non-hydrogen) atoms. The van der Waals surface area contributed by atoms with Crippen molar-refractivity contribution in [1.29, 1.82) is 0 Å². The Kier molecular flexibility index (Phi) is 5.09. The van der Waals surface area contributed by atoms with E-state index in [2.05, 4.69) is 20.9 Å². The van der Waals surface area contributed by atoms with Gasteiger partial charge in [0, 0.05) is 16.1 Å². The summed E-state index contributed by atoms with van der Waals surface area (Å²) in [6, 6.07) is 13.9. The minimum absolute atomic E-state index is 0.210. The number of carbonyl (C=O) groups excluding carboxylic acids is 2. The lowest BCUT2D eigenvalue weighted by molar-refractivity contribution is -0.128. The largest absolute Gasteiger partial charge is 0.462 e. The minimum Gasteiger partial charge on any atom is -0.462 e. The van der Waals surface area contributed by atoms with E-state index in [9.17, 15) is 9.59 Å². The van der Waals surface area contributed by atoms with Crippen LogP contribution < -0.4 is 0 Å². The number of ether oxygens (including phenoxy) is 2. The molecule has 2 aromatic carbocycles. The second-order valence-electron chi connectivity index (χ2n) is 5.17. The maximum atomic E-state index is 12.0. The van der Waals surface area contributed by atoms with Crippen molar-refractivity contribution in [2.75, 3.05) is 6.61 Å². The molecule has 0 saturated carbocycles. The number of hydrogen-bond donors (Lipinski definition) is 0. The number of esters is 2. The average molecular weight is 400 g/mol. The van der Waals surface area contributed by atoms with E-state index in [1.54, 1.807) is 37.3 Å². The molecule has 3 rings (SSSR count). The zero-order chi connectivity index (χ0) is 17.8. The van der Waals surface area contributed by atoms with Gasteiger partial charge in [-0.2, -0.15) is 0 Å². The van der Waals surface area contributed by atoms with Crippen LogP contribution in [0.4, 0.5) is 5.69 Å². The highest BCUT2D eigenvalue weighted by atomic mass is 79.9. The van der Waals surface area contributed by atoms with Gasteiger partial charge in [-0.25, -0.2) is 14.6 Å². The highest BCUT2D eigenvalue weighted by molar-refractivity contribution is 9.10. The smallest absolute Gasteiger partial charge is 0.362 e. The van der Waals surface area contributed by atoms with Crippen LogP contribution in [0.5, 0.6) is 0 Å². The number of aliphatic imine (C=N–C) groups is 1. The van der Waals surface area contributed by atoms with Gasteiger partial charge >= 0.3 is 11.9 Å². The summed E-state index contributed by atoms with van der Waals surface area (Å²) in [6.45, 7) is 2.07. The number of carbonyl (C=O) groups is 2. The summed E-state index contributed by atoms with van der Waals surface area (Å²) in [4.78, 5) is 27.9. The van der Waals surface area contributed by atoms with Crippen LogP contribution in [0, 0.1) is 0 Å². The van der Waals surface area contributed by atoms with E-state index in [4.69, 9.17) is 9.47 Å². The Bertz CT molecular complexity index is 867. The predicted molar refractivity (Wildman–Crippen MR) is 97.7 cm³/mol. The average Bonchev–Trinajstić information content (AvgIpc) is 2.97. The summed E-state index contributed by atoms with van der Waals surface area (Å²) in [5, 5.41) is 0. The van der Waals surface area contributed by atoms with Gasteiger partial charge < -0.3 is 9.47 Å². The molecular weight excluding hydrogens is 386 g/mol. The molecule has 0 radical (unpaired) electrons. The number of nitrogens with zero attached hydrogens (tertiary/aromatic N) is 1. The predicted octanol–water partition coefficient (Wildman–Crippen LogP) is 4.30. The first kappa shape index (κ1) is 17.1. The third kappa shape index (κ3) is 4.03. The van der Waals surface area contributed by atoms with E-state index >= 15 is 0 Å². The van der Waals surface area contributed by atoms with Crippen molar-refractivity contribution >= 4 is 45.0 Å². The maximum absolute atomic E-state index is 12.0. The van der Waals surface area contributed by atoms with Gasteiger partial charge in [0.25, 0.3) is 0 Å². The van der Waals surface area contributed by atoms with E-state index in [0.717, 1.165) is 10.0 Å². The first-order valence-corrected chi connectivity index (χ1v) is 8.42. The van der Waals surface area contributed by atoms with Crippen LogP contribution in [0.25, 0.3) is 5.76 Å². The molecule has 0 saturated heterocycles. The highest BCUT2D eigenvalue weighted by Crippen LogP contribution is 2.25. The van der Waals surface area contributed by atoms with E-state index in [-0.39, 0.29) is 11.7 Å². The van der Waals surface area contributed by atoms with Gasteiger partial charge in [0.15, 0.2) is 5.71 Å². The van der Waals surface area contributed by atoms with Gasteiger partial charge in [-0.05, 0) is 43.3 Å². The van der Waals surface area contributed by atoms with Crippen molar-refractivity contribution < 1.29 is 19.1 Å². The lowest BCUT2D eigenvalue weighted by Crippen LogP contribution is -2.06. The molecule has 2 aromatic rings. The fourth-order valence-corrected chi connectivity index (χ4v) is 2.49. The topological polar surface area (TPSA) is 65.0 Å². The SMILES string of the molecule is CCOC(=O)c1ccc(N=C2C=C(c3ccc(Br)cc3)OC2=O)cc1. The number of cyclic esters (lactones) is 1. The normalized spacial score (nSPS) is 15.0. The van der Waals surface area contributed by atoms with Crippen LogP contribution in [0.1, 0.15) is 22.8 Å². The van der Waals surface area contributed by atoms with E-state index < -0.39 is 5.97 Å². The van der Waals surface area contributed by atoms with E-state index in [1.807, 2.05) is 24.3 Å². The molecule has 0 bridgehead atoms. The number of hydrogen-bond acceptors (Lipinski definition) is 5. The van der Waals surface area contributed by atoms with Crippen molar-refractivity contribution in [3.8, 4) is 0 Å². The second kappa shape index (κ2) is 7.44. The molecule has 0 aromatic heterocycles. The Morgan fingerprint density at radius 3 is 2.44 bits per heavy atom. The Morgan fingerprint density at radius 2 is 1.80 bits per heavy atom. The highest BCUT2D eigenvalue weighted by Gasteiger charge is 2.23. The lowest BCUT2D eigenvalue weighted by Gasteiger charge is -2.01. The van der Waals surface area contributed by atoms with Gasteiger partial charge in [-0.1, -0.05) is 28.1 Å². The van der Waals surface area contributed by atoms with Gasteiger partial charge in [-0.15, -0.1) is 0 Å². The third-order valence-corrected chi connectivity index (χ3v) is 3.97. The first-order valence-electron chi connectivity index (χ1n) is 7.62. The number of halogens is 1. The van der Waals surface area contributed by atoms with Gasteiger partial charge in [0.1, 0.15) is 5.76 Å². The molecule has 1 aliphatic heterocycles. The molecule has 0 unspecified atom stereocenters. The van der Waals surface area contributed by atoms with Gasteiger partial charge in [0.2, 0.25) is 0 Å². The molecule has 1 heterocycles. The van der Waals surface area contributed by atoms with E-state index in [1.165, 1.54) is 0 Å². The molecule has 0 atom stereocenters. The molecule has 0 fully saturated rings. The summed E-state index contributed by atoms with van der Waals surface area (Å²) >= 11 is 3.36. The van der Waals surface area contributed by atoms with Crippen molar-refractivity contribution in [2.24, 2.45) is 4.99 Å². The molecule has 0 spiro atoms. The van der Waals surface area contributed by atoms with Crippen LogP contribution in [0.3, 0.4) is 0 Å². The third-order valence-electron chi connectivity index (χ3n) is 3.44. The fraction of sp³-hybridized carbons (Fsp3) is 0.105. The summed E-state index contributed by atoms with van der Waals surface area (Å²) in [6.07, 6.45) is 1.60. The van der Waals surface area contributed by atoms with Crippen molar-refractivity contribution in [3.05, 3.63) is 70.2 Å².